The lowest BCUT2D eigenvalue weighted by Gasteiger charge is -2.45. The summed E-state index contributed by atoms with van der Waals surface area (Å²) >= 11 is 0. The number of aliphatic hydroxyl groups is 1. The number of para-hydroxylation sites is 1. The quantitative estimate of drug-likeness (QED) is 0.860. The number of halogens is 1. The van der Waals surface area contributed by atoms with E-state index in [0.717, 1.165) is 25.7 Å². The molecule has 2 nitrogen and oxygen atoms in total. The fourth-order valence-corrected chi connectivity index (χ4v) is 3.13. The zero-order valence-electron chi connectivity index (χ0n) is 11.2. The third-order valence-corrected chi connectivity index (χ3v) is 3.90. The Morgan fingerprint density at radius 1 is 1.28 bits per heavy atom. The van der Waals surface area contributed by atoms with Gasteiger partial charge in [0.2, 0.25) is 0 Å². The van der Waals surface area contributed by atoms with E-state index in [1.54, 1.807) is 12.1 Å². The van der Waals surface area contributed by atoms with Crippen LogP contribution in [0.25, 0.3) is 0 Å². The molecule has 0 aliphatic heterocycles. The summed E-state index contributed by atoms with van der Waals surface area (Å²) in [5.41, 5.74) is 0.299. The SMILES string of the molecule is CC1(C)CCCC(CO)(Nc2ccccc2F)C1. The minimum atomic E-state index is -0.385. The second-order valence-corrected chi connectivity index (χ2v) is 6.24. The Hall–Kier alpha value is -1.09. The van der Waals surface area contributed by atoms with Gasteiger partial charge in [-0.25, -0.2) is 4.39 Å². The molecule has 1 aliphatic rings. The first-order valence-electron chi connectivity index (χ1n) is 6.60. The summed E-state index contributed by atoms with van der Waals surface area (Å²) in [5.74, 6) is -0.256. The molecule has 18 heavy (non-hydrogen) atoms. The Balaban J connectivity index is 2.21. The van der Waals surface area contributed by atoms with Crippen LogP contribution in [0.4, 0.5) is 10.1 Å². The van der Waals surface area contributed by atoms with Gasteiger partial charge in [0.25, 0.3) is 0 Å². The highest BCUT2D eigenvalue weighted by atomic mass is 19.1. The van der Waals surface area contributed by atoms with Crippen molar-refractivity contribution in [3.05, 3.63) is 30.1 Å². The number of anilines is 1. The van der Waals surface area contributed by atoms with Gasteiger partial charge in [-0.15, -0.1) is 0 Å². The van der Waals surface area contributed by atoms with Crippen molar-refractivity contribution in [2.45, 2.75) is 45.1 Å². The number of hydrogen-bond donors (Lipinski definition) is 2. The van der Waals surface area contributed by atoms with Crippen molar-refractivity contribution < 1.29 is 9.50 Å². The highest BCUT2D eigenvalue weighted by Crippen LogP contribution is 2.42. The van der Waals surface area contributed by atoms with Gasteiger partial charge < -0.3 is 10.4 Å². The number of nitrogens with one attached hydrogen (secondary N) is 1. The fraction of sp³-hybridized carbons (Fsp3) is 0.600. The average molecular weight is 251 g/mol. The van der Waals surface area contributed by atoms with Crippen molar-refractivity contribution in [3.63, 3.8) is 0 Å². The van der Waals surface area contributed by atoms with Gasteiger partial charge in [-0.1, -0.05) is 32.4 Å². The van der Waals surface area contributed by atoms with Crippen LogP contribution >= 0.6 is 0 Å². The van der Waals surface area contributed by atoms with Crippen LogP contribution < -0.4 is 5.32 Å². The minimum Gasteiger partial charge on any atom is -0.394 e. The fourth-order valence-electron chi connectivity index (χ4n) is 3.13. The van der Waals surface area contributed by atoms with Crippen LogP contribution in [0.5, 0.6) is 0 Å². The molecular formula is C15H22FNO. The minimum absolute atomic E-state index is 0.0464. The van der Waals surface area contributed by atoms with Crippen LogP contribution in [0, 0.1) is 11.2 Å². The van der Waals surface area contributed by atoms with Gasteiger partial charge in [0.15, 0.2) is 0 Å². The summed E-state index contributed by atoms with van der Waals surface area (Å²) in [6.07, 6.45) is 3.98. The largest absolute Gasteiger partial charge is 0.394 e. The standard InChI is InChI=1S/C15H22FNO/c1-14(2)8-5-9-15(10-14,11-18)17-13-7-4-3-6-12(13)16/h3-4,6-7,17-18H,5,8-11H2,1-2H3. The van der Waals surface area contributed by atoms with Gasteiger partial charge in [0.1, 0.15) is 5.82 Å². The molecule has 100 valence electrons. The van der Waals surface area contributed by atoms with Gasteiger partial charge in [-0.3, -0.25) is 0 Å². The molecule has 0 saturated heterocycles. The van der Waals surface area contributed by atoms with Gasteiger partial charge in [0, 0.05) is 0 Å². The Morgan fingerprint density at radius 3 is 2.61 bits per heavy atom. The van der Waals surface area contributed by atoms with E-state index in [1.165, 1.54) is 6.07 Å². The van der Waals surface area contributed by atoms with E-state index in [2.05, 4.69) is 19.2 Å². The first-order valence-corrected chi connectivity index (χ1v) is 6.60. The Labute approximate surface area is 108 Å². The summed E-state index contributed by atoms with van der Waals surface area (Å²) in [5, 5.41) is 13.0. The van der Waals surface area contributed by atoms with Crippen molar-refractivity contribution in [2.75, 3.05) is 11.9 Å². The molecule has 1 aromatic rings. The van der Waals surface area contributed by atoms with Crippen molar-refractivity contribution in [1.82, 2.24) is 0 Å². The smallest absolute Gasteiger partial charge is 0.146 e. The zero-order chi connectivity index (χ0) is 13.2. The molecule has 2 rings (SSSR count). The molecule has 1 atom stereocenters. The van der Waals surface area contributed by atoms with Crippen LogP contribution in [-0.2, 0) is 0 Å². The molecule has 0 heterocycles. The summed E-state index contributed by atoms with van der Waals surface area (Å²) in [6, 6.07) is 6.66. The number of hydrogen-bond acceptors (Lipinski definition) is 2. The summed E-state index contributed by atoms with van der Waals surface area (Å²) in [4.78, 5) is 0. The Morgan fingerprint density at radius 2 is 2.00 bits per heavy atom. The zero-order valence-corrected chi connectivity index (χ0v) is 11.2. The molecule has 1 aliphatic carbocycles. The molecule has 1 aromatic carbocycles. The van der Waals surface area contributed by atoms with Crippen LogP contribution in [0.1, 0.15) is 39.5 Å². The van der Waals surface area contributed by atoms with E-state index in [9.17, 15) is 9.50 Å². The lowest BCUT2D eigenvalue weighted by molar-refractivity contribution is 0.105. The lowest BCUT2D eigenvalue weighted by Crippen LogP contribution is -2.48. The number of benzene rings is 1. The molecule has 3 heteroatoms. The molecule has 1 fully saturated rings. The van der Waals surface area contributed by atoms with Gasteiger partial charge in [-0.2, -0.15) is 0 Å². The van der Waals surface area contributed by atoms with Crippen LogP contribution in [0.2, 0.25) is 0 Å². The maximum atomic E-state index is 13.7. The lowest BCUT2D eigenvalue weighted by atomic mass is 9.68. The maximum absolute atomic E-state index is 13.7. The second kappa shape index (κ2) is 4.88. The van der Waals surface area contributed by atoms with Crippen molar-refractivity contribution in [2.24, 2.45) is 5.41 Å². The van der Waals surface area contributed by atoms with Crippen molar-refractivity contribution in [1.29, 1.82) is 0 Å². The van der Waals surface area contributed by atoms with E-state index in [-0.39, 0.29) is 23.4 Å². The molecule has 0 radical (unpaired) electrons. The van der Waals surface area contributed by atoms with Crippen LogP contribution in [-0.4, -0.2) is 17.3 Å². The molecule has 0 spiro atoms. The van der Waals surface area contributed by atoms with Crippen LogP contribution in [0.3, 0.4) is 0 Å². The van der Waals surface area contributed by atoms with E-state index in [4.69, 9.17) is 0 Å². The first-order chi connectivity index (χ1) is 8.46. The molecule has 0 aromatic heterocycles. The summed E-state index contributed by atoms with van der Waals surface area (Å²) in [7, 11) is 0. The third kappa shape index (κ3) is 2.83. The molecule has 0 bridgehead atoms. The van der Waals surface area contributed by atoms with Gasteiger partial charge in [0.05, 0.1) is 17.8 Å². The number of rotatable bonds is 3. The molecule has 1 saturated carbocycles. The Bertz CT molecular complexity index is 419. The highest BCUT2D eigenvalue weighted by molar-refractivity contribution is 5.47. The monoisotopic (exact) mass is 251 g/mol. The molecule has 1 unspecified atom stereocenters. The van der Waals surface area contributed by atoms with E-state index >= 15 is 0 Å². The third-order valence-electron chi connectivity index (χ3n) is 3.90. The predicted molar refractivity (Wildman–Crippen MR) is 72.1 cm³/mol. The van der Waals surface area contributed by atoms with E-state index in [1.807, 2.05) is 6.07 Å². The molecule has 0 amide bonds. The average Bonchev–Trinajstić information content (AvgIpc) is 2.31. The van der Waals surface area contributed by atoms with E-state index < -0.39 is 0 Å². The summed E-state index contributed by atoms with van der Waals surface area (Å²) in [6.45, 7) is 4.46. The van der Waals surface area contributed by atoms with Gasteiger partial charge in [-0.05, 0) is 36.8 Å². The molecular weight excluding hydrogens is 229 g/mol. The van der Waals surface area contributed by atoms with Gasteiger partial charge >= 0.3 is 0 Å². The number of aliphatic hydroxyl groups excluding tert-OH is 1. The predicted octanol–water partition coefficient (Wildman–Crippen LogP) is 3.57. The molecule has 2 N–H and O–H groups in total. The summed E-state index contributed by atoms with van der Waals surface area (Å²) < 4.78 is 13.7. The van der Waals surface area contributed by atoms with Crippen LogP contribution in [0.15, 0.2) is 24.3 Å². The highest BCUT2D eigenvalue weighted by Gasteiger charge is 2.39. The van der Waals surface area contributed by atoms with E-state index in [0.29, 0.717) is 5.69 Å². The Kier molecular flexibility index (Phi) is 3.62. The second-order valence-electron chi connectivity index (χ2n) is 6.24. The normalized spacial score (nSPS) is 26.9. The first kappa shape index (κ1) is 13.3. The van der Waals surface area contributed by atoms with Crippen molar-refractivity contribution >= 4 is 5.69 Å². The topological polar surface area (TPSA) is 32.3 Å². The van der Waals surface area contributed by atoms with Crippen molar-refractivity contribution in [3.8, 4) is 0 Å². The maximum Gasteiger partial charge on any atom is 0.146 e.